The third kappa shape index (κ3) is 4.34. The first-order valence-corrected chi connectivity index (χ1v) is 7.73. The van der Waals surface area contributed by atoms with Crippen LogP contribution in [0.15, 0.2) is 0 Å². The Morgan fingerprint density at radius 3 is 2.45 bits per heavy atom. The molecule has 1 heterocycles. The number of sulfonamides is 1. The first kappa shape index (κ1) is 16.7. The van der Waals surface area contributed by atoms with Gasteiger partial charge in [0, 0.05) is 19.6 Å². The Morgan fingerprint density at radius 2 is 2.00 bits per heavy atom. The number of aliphatic carboxylic acids is 1. The molecule has 0 aromatic heterocycles. The number of carboxylic acid groups (broad SMARTS) is 1. The number of carboxylic acids is 1. The van der Waals surface area contributed by atoms with Gasteiger partial charge in [-0.1, -0.05) is 0 Å². The van der Waals surface area contributed by atoms with Crippen molar-refractivity contribution in [3.63, 3.8) is 0 Å². The van der Waals surface area contributed by atoms with Gasteiger partial charge < -0.3 is 15.2 Å². The molecule has 1 saturated heterocycles. The van der Waals surface area contributed by atoms with Gasteiger partial charge in [-0.3, -0.25) is 4.79 Å². The molecule has 1 aliphatic heterocycles. The van der Waals surface area contributed by atoms with Gasteiger partial charge in [0.05, 0.1) is 0 Å². The third-order valence-corrected chi connectivity index (χ3v) is 4.91. The van der Waals surface area contributed by atoms with Crippen LogP contribution in [0.3, 0.4) is 0 Å². The van der Waals surface area contributed by atoms with Gasteiger partial charge in [0.25, 0.3) is 0 Å². The number of carbonyl (C=O) groups is 2. The number of amides is 1. The van der Waals surface area contributed by atoms with Gasteiger partial charge in [0.1, 0.15) is 5.60 Å². The quantitative estimate of drug-likeness (QED) is 0.756. The molecule has 9 heteroatoms. The maximum Gasteiger partial charge on any atom is 0.407 e. The van der Waals surface area contributed by atoms with E-state index in [1.54, 1.807) is 20.8 Å². The van der Waals surface area contributed by atoms with Crippen LogP contribution in [-0.2, 0) is 19.6 Å². The number of carbonyl (C=O) groups excluding carboxylic acids is 1. The van der Waals surface area contributed by atoms with Crippen LogP contribution in [0.4, 0.5) is 4.79 Å². The molecule has 0 radical (unpaired) electrons. The molecule has 1 rings (SSSR count). The predicted octanol–water partition coefficient (Wildman–Crippen LogP) is -0.000200. The molecule has 0 aromatic rings. The molecule has 0 aromatic carbocycles. The molecule has 8 nitrogen and oxygen atoms in total. The van der Waals surface area contributed by atoms with Crippen molar-refractivity contribution in [2.24, 2.45) is 0 Å². The predicted molar refractivity (Wildman–Crippen MR) is 70.8 cm³/mol. The number of alkyl carbamates (subject to hydrolysis) is 1. The van der Waals surface area contributed by atoms with Crippen LogP contribution in [0.1, 0.15) is 27.2 Å². The average Bonchev–Trinajstić information content (AvgIpc) is 2.51. The maximum atomic E-state index is 11.8. The molecule has 0 aliphatic carbocycles. The van der Waals surface area contributed by atoms with E-state index in [4.69, 9.17) is 9.84 Å². The molecular formula is C11H20N2O6S. The number of nitrogens with one attached hydrogen (secondary N) is 1. The van der Waals surface area contributed by atoms with Crippen molar-refractivity contribution in [3.05, 3.63) is 0 Å². The lowest BCUT2D eigenvalue weighted by Gasteiger charge is -2.20. The standard InChI is InChI=1S/C11H20N2O6S/c1-11(2,3)19-10(16)12-5-7-13-6-4-8(9(14)15)20(13,17)18/h8H,4-7H2,1-3H3,(H,12,16)(H,14,15). The highest BCUT2D eigenvalue weighted by molar-refractivity contribution is 7.90. The van der Waals surface area contributed by atoms with E-state index in [-0.39, 0.29) is 26.1 Å². The second-order valence-corrected chi connectivity index (χ2v) is 7.60. The normalized spacial score (nSPS) is 22.4. The van der Waals surface area contributed by atoms with Crippen LogP contribution in [-0.4, -0.2) is 60.4 Å². The van der Waals surface area contributed by atoms with E-state index in [2.05, 4.69) is 5.32 Å². The number of ether oxygens (including phenoxy) is 1. The summed E-state index contributed by atoms with van der Waals surface area (Å²) in [7, 11) is -3.82. The fourth-order valence-electron chi connectivity index (χ4n) is 1.80. The van der Waals surface area contributed by atoms with E-state index < -0.39 is 32.9 Å². The minimum Gasteiger partial charge on any atom is -0.480 e. The minimum atomic E-state index is -3.82. The monoisotopic (exact) mass is 308 g/mol. The van der Waals surface area contributed by atoms with Gasteiger partial charge in [-0.2, -0.15) is 4.31 Å². The van der Waals surface area contributed by atoms with Gasteiger partial charge in [0.15, 0.2) is 5.25 Å². The first-order chi connectivity index (χ1) is 9.04. The number of hydrogen-bond acceptors (Lipinski definition) is 5. The summed E-state index contributed by atoms with van der Waals surface area (Å²) >= 11 is 0. The molecule has 1 amide bonds. The summed E-state index contributed by atoms with van der Waals surface area (Å²) in [5.74, 6) is -1.34. The highest BCUT2D eigenvalue weighted by Crippen LogP contribution is 2.21. The Hall–Kier alpha value is -1.35. The molecule has 1 unspecified atom stereocenters. The topological polar surface area (TPSA) is 113 Å². The van der Waals surface area contributed by atoms with Crippen LogP contribution >= 0.6 is 0 Å². The van der Waals surface area contributed by atoms with Gasteiger partial charge >= 0.3 is 12.1 Å². The van der Waals surface area contributed by atoms with Gasteiger partial charge in [-0.05, 0) is 27.2 Å². The molecule has 0 bridgehead atoms. The summed E-state index contributed by atoms with van der Waals surface area (Å²) in [5, 5.41) is 9.86. The summed E-state index contributed by atoms with van der Waals surface area (Å²) in [6.07, 6.45) is -0.576. The first-order valence-electron chi connectivity index (χ1n) is 6.22. The van der Waals surface area contributed by atoms with Crippen molar-refractivity contribution in [2.75, 3.05) is 19.6 Å². The van der Waals surface area contributed by atoms with Gasteiger partial charge in [-0.15, -0.1) is 0 Å². The second kappa shape index (κ2) is 5.96. The maximum absolute atomic E-state index is 11.8. The van der Waals surface area contributed by atoms with Gasteiger partial charge in [-0.25, -0.2) is 13.2 Å². The van der Waals surface area contributed by atoms with Crippen LogP contribution in [0, 0.1) is 0 Å². The van der Waals surface area contributed by atoms with Crippen molar-refractivity contribution in [2.45, 2.75) is 38.0 Å². The third-order valence-electron chi connectivity index (χ3n) is 2.66. The summed E-state index contributed by atoms with van der Waals surface area (Å²) in [5.41, 5.74) is -0.627. The summed E-state index contributed by atoms with van der Waals surface area (Å²) < 4.78 is 29.8. The van der Waals surface area contributed by atoms with E-state index in [0.717, 1.165) is 4.31 Å². The fraction of sp³-hybridized carbons (Fsp3) is 0.818. The van der Waals surface area contributed by atoms with Crippen LogP contribution < -0.4 is 5.32 Å². The van der Waals surface area contributed by atoms with Crippen LogP contribution in [0.2, 0.25) is 0 Å². The van der Waals surface area contributed by atoms with E-state index in [1.165, 1.54) is 0 Å². The van der Waals surface area contributed by atoms with E-state index in [0.29, 0.717) is 0 Å². The molecular weight excluding hydrogens is 288 g/mol. The lowest BCUT2D eigenvalue weighted by Crippen LogP contribution is -2.40. The SMILES string of the molecule is CC(C)(C)OC(=O)NCCN1CCC(C(=O)O)S1(=O)=O. The lowest BCUT2D eigenvalue weighted by molar-refractivity contribution is -0.136. The zero-order chi connectivity index (χ0) is 15.6. The number of hydrogen-bond donors (Lipinski definition) is 2. The van der Waals surface area contributed by atoms with E-state index >= 15 is 0 Å². The van der Waals surface area contributed by atoms with Gasteiger partial charge in [0.2, 0.25) is 10.0 Å². The molecule has 1 fully saturated rings. The summed E-state index contributed by atoms with van der Waals surface area (Å²) in [6.45, 7) is 5.40. The molecule has 1 aliphatic rings. The van der Waals surface area contributed by atoms with Crippen molar-refractivity contribution in [1.29, 1.82) is 0 Å². The Labute approximate surface area is 118 Å². The zero-order valence-electron chi connectivity index (χ0n) is 11.7. The molecule has 1 atom stereocenters. The molecule has 2 N–H and O–H groups in total. The summed E-state index contributed by atoms with van der Waals surface area (Å²) in [6, 6.07) is 0. The molecule has 116 valence electrons. The Morgan fingerprint density at radius 1 is 1.40 bits per heavy atom. The second-order valence-electron chi connectivity index (χ2n) is 5.49. The lowest BCUT2D eigenvalue weighted by atomic mass is 10.2. The summed E-state index contributed by atoms with van der Waals surface area (Å²) in [4.78, 5) is 22.2. The Kier molecular flexibility index (Phi) is 4.98. The fourth-order valence-corrected chi connectivity index (χ4v) is 3.53. The van der Waals surface area contributed by atoms with Crippen molar-refractivity contribution in [3.8, 4) is 0 Å². The van der Waals surface area contributed by atoms with Crippen LogP contribution in [0.25, 0.3) is 0 Å². The number of nitrogens with zero attached hydrogens (tertiary/aromatic N) is 1. The average molecular weight is 308 g/mol. The highest BCUT2D eigenvalue weighted by atomic mass is 32.2. The van der Waals surface area contributed by atoms with E-state index in [1.807, 2.05) is 0 Å². The largest absolute Gasteiger partial charge is 0.480 e. The molecule has 0 saturated carbocycles. The van der Waals surface area contributed by atoms with Crippen LogP contribution in [0.5, 0.6) is 0 Å². The zero-order valence-corrected chi connectivity index (χ0v) is 12.6. The van der Waals surface area contributed by atoms with Crippen molar-refractivity contribution >= 4 is 22.1 Å². The smallest absolute Gasteiger partial charge is 0.407 e. The number of rotatable bonds is 4. The van der Waals surface area contributed by atoms with Crippen molar-refractivity contribution in [1.82, 2.24) is 9.62 Å². The molecule has 0 spiro atoms. The molecule has 20 heavy (non-hydrogen) atoms. The Balaban J connectivity index is 2.44. The Bertz CT molecular complexity index is 482. The van der Waals surface area contributed by atoms with E-state index in [9.17, 15) is 18.0 Å². The minimum absolute atomic E-state index is 0.0331. The van der Waals surface area contributed by atoms with Crippen molar-refractivity contribution < 1.29 is 27.9 Å². The highest BCUT2D eigenvalue weighted by Gasteiger charge is 2.43.